The Bertz CT molecular complexity index is 653. The van der Waals surface area contributed by atoms with Crippen LogP contribution in [0.2, 0.25) is 0 Å². The molecule has 7 heteroatoms. The summed E-state index contributed by atoms with van der Waals surface area (Å²) in [5.41, 5.74) is 0.384. The molecule has 0 aliphatic heterocycles. The standard InChI is InChI=1S/C13H11N3O3S/c1-18-9-3-8(4-10(5-9)19-2)12(17)16-13-15-7-11(6-14)20-13/h3-5,7H,1-2H3,(H,15,16,17). The van der Waals surface area contributed by atoms with Gasteiger partial charge in [0.1, 0.15) is 22.4 Å². The van der Waals surface area contributed by atoms with Crippen molar-refractivity contribution in [1.82, 2.24) is 4.98 Å². The first-order valence-electron chi connectivity index (χ1n) is 5.56. The molecule has 0 fully saturated rings. The zero-order chi connectivity index (χ0) is 14.5. The molecule has 2 rings (SSSR count). The van der Waals surface area contributed by atoms with Crippen LogP contribution in [0.25, 0.3) is 0 Å². The van der Waals surface area contributed by atoms with Gasteiger partial charge in [-0.3, -0.25) is 10.1 Å². The second-order valence-corrected chi connectivity index (χ2v) is 4.73. The molecular formula is C13H11N3O3S. The molecule has 1 heterocycles. The Hall–Kier alpha value is -2.59. The molecule has 0 spiro atoms. The van der Waals surface area contributed by atoms with Gasteiger partial charge in [0, 0.05) is 11.6 Å². The van der Waals surface area contributed by atoms with Gasteiger partial charge in [-0.15, -0.1) is 0 Å². The summed E-state index contributed by atoms with van der Waals surface area (Å²) in [5.74, 6) is 0.693. The normalized spacial score (nSPS) is 9.65. The third kappa shape index (κ3) is 3.05. The summed E-state index contributed by atoms with van der Waals surface area (Å²) in [6.45, 7) is 0. The smallest absolute Gasteiger partial charge is 0.257 e. The van der Waals surface area contributed by atoms with E-state index in [1.165, 1.54) is 20.4 Å². The number of nitrogens with one attached hydrogen (secondary N) is 1. The highest BCUT2D eigenvalue weighted by molar-refractivity contribution is 7.16. The highest BCUT2D eigenvalue weighted by Crippen LogP contribution is 2.24. The Morgan fingerprint density at radius 1 is 1.30 bits per heavy atom. The van der Waals surface area contributed by atoms with Gasteiger partial charge in [0.05, 0.1) is 20.4 Å². The van der Waals surface area contributed by atoms with Gasteiger partial charge < -0.3 is 9.47 Å². The van der Waals surface area contributed by atoms with Gasteiger partial charge in [-0.25, -0.2) is 4.98 Å². The van der Waals surface area contributed by atoms with E-state index in [2.05, 4.69) is 10.3 Å². The Morgan fingerprint density at radius 3 is 2.45 bits per heavy atom. The van der Waals surface area contributed by atoms with Gasteiger partial charge in [0.15, 0.2) is 5.13 Å². The molecule has 0 aliphatic rings. The van der Waals surface area contributed by atoms with E-state index in [0.717, 1.165) is 11.3 Å². The van der Waals surface area contributed by atoms with E-state index < -0.39 is 0 Å². The van der Waals surface area contributed by atoms with Crippen molar-refractivity contribution < 1.29 is 14.3 Å². The first-order valence-corrected chi connectivity index (χ1v) is 6.38. The third-order valence-corrected chi connectivity index (χ3v) is 3.27. The summed E-state index contributed by atoms with van der Waals surface area (Å²) in [6.07, 6.45) is 1.41. The van der Waals surface area contributed by atoms with Crippen LogP contribution in [-0.2, 0) is 0 Å². The lowest BCUT2D eigenvalue weighted by atomic mass is 10.2. The molecule has 20 heavy (non-hydrogen) atoms. The fraction of sp³-hybridized carbons (Fsp3) is 0.154. The zero-order valence-electron chi connectivity index (χ0n) is 10.8. The quantitative estimate of drug-likeness (QED) is 0.933. The number of nitriles is 1. The Balaban J connectivity index is 2.22. The van der Waals surface area contributed by atoms with Crippen molar-refractivity contribution in [2.45, 2.75) is 0 Å². The van der Waals surface area contributed by atoms with Crippen LogP contribution in [0.4, 0.5) is 5.13 Å². The number of anilines is 1. The molecule has 0 unspecified atom stereocenters. The number of hydrogen-bond acceptors (Lipinski definition) is 6. The monoisotopic (exact) mass is 289 g/mol. The molecule has 1 aromatic carbocycles. The van der Waals surface area contributed by atoms with Gasteiger partial charge in [-0.1, -0.05) is 11.3 Å². The van der Waals surface area contributed by atoms with Crippen LogP contribution in [0.3, 0.4) is 0 Å². The highest BCUT2D eigenvalue weighted by Gasteiger charge is 2.12. The lowest BCUT2D eigenvalue weighted by Gasteiger charge is -2.07. The molecule has 0 bridgehead atoms. The molecule has 2 aromatic rings. The first-order chi connectivity index (χ1) is 9.66. The molecule has 1 aromatic heterocycles. The largest absolute Gasteiger partial charge is 0.497 e. The maximum absolute atomic E-state index is 12.1. The van der Waals surface area contributed by atoms with E-state index in [1.807, 2.05) is 6.07 Å². The fourth-order valence-electron chi connectivity index (χ4n) is 1.49. The molecule has 0 atom stereocenters. The number of thiazole rings is 1. The van der Waals surface area contributed by atoms with Crippen molar-refractivity contribution in [2.75, 3.05) is 19.5 Å². The number of methoxy groups -OCH3 is 2. The number of amides is 1. The van der Waals surface area contributed by atoms with Crippen molar-refractivity contribution in [1.29, 1.82) is 5.26 Å². The lowest BCUT2D eigenvalue weighted by Crippen LogP contribution is -2.11. The summed E-state index contributed by atoms with van der Waals surface area (Å²) < 4.78 is 10.2. The molecule has 6 nitrogen and oxygen atoms in total. The number of benzene rings is 1. The number of carbonyl (C=O) groups is 1. The molecule has 0 aliphatic carbocycles. The minimum Gasteiger partial charge on any atom is -0.497 e. The van der Waals surface area contributed by atoms with E-state index in [1.54, 1.807) is 18.2 Å². The SMILES string of the molecule is COc1cc(OC)cc(C(=O)Nc2ncc(C#N)s2)c1. The van der Waals surface area contributed by atoms with Gasteiger partial charge in [-0.05, 0) is 12.1 Å². The average molecular weight is 289 g/mol. The minimum absolute atomic E-state index is 0.346. The summed E-state index contributed by atoms with van der Waals surface area (Å²) in [5, 5.41) is 11.7. The summed E-state index contributed by atoms with van der Waals surface area (Å²) >= 11 is 1.11. The molecule has 1 amide bonds. The summed E-state index contributed by atoms with van der Waals surface area (Å²) in [4.78, 5) is 16.5. The molecular weight excluding hydrogens is 278 g/mol. The highest BCUT2D eigenvalue weighted by atomic mass is 32.1. The maximum Gasteiger partial charge on any atom is 0.257 e. The predicted octanol–water partition coefficient (Wildman–Crippen LogP) is 2.28. The molecule has 102 valence electrons. The fourth-order valence-corrected chi connectivity index (χ4v) is 2.10. The molecule has 0 radical (unpaired) electrons. The van der Waals surface area contributed by atoms with Gasteiger partial charge in [0.25, 0.3) is 5.91 Å². The number of hydrogen-bond donors (Lipinski definition) is 1. The van der Waals surface area contributed by atoms with Crippen molar-refractivity contribution in [3.8, 4) is 17.6 Å². The summed E-state index contributed by atoms with van der Waals surface area (Å²) in [6, 6.07) is 6.82. The second kappa shape index (κ2) is 6.04. The lowest BCUT2D eigenvalue weighted by molar-refractivity contribution is 0.102. The topological polar surface area (TPSA) is 84.2 Å². The number of rotatable bonds is 4. The molecule has 0 saturated heterocycles. The van der Waals surface area contributed by atoms with E-state index in [0.29, 0.717) is 27.1 Å². The Morgan fingerprint density at radius 2 is 1.95 bits per heavy atom. The van der Waals surface area contributed by atoms with E-state index in [9.17, 15) is 4.79 Å². The van der Waals surface area contributed by atoms with Crippen LogP contribution in [0.5, 0.6) is 11.5 Å². The van der Waals surface area contributed by atoms with Crippen LogP contribution in [0.15, 0.2) is 24.4 Å². The molecule has 0 saturated carbocycles. The number of ether oxygens (including phenoxy) is 2. The second-order valence-electron chi connectivity index (χ2n) is 3.70. The van der Waals surface area contributed by atoms with Gasteiger partial charge >= 0.3 is 0 Å². The van der Waals surface area contributed by atoms with Crippen LogP contribution in [0.1, 0.15) is 15.2 Å². The van der Waals surface area contributed by atoms with Crippen LogP contribution < -0.4 is 14.8 Å². The minimum atomic E-state index is -0.346. The first kappa shape index (κ1) is 13.8. The Labute approximate surface area is 119 Å². The number of aromatic nitrogens is 1. The van der Waals surface area contributed by atoms with Crippen LogP contribution in [-0.4, -0.2) is 25.1 Å². The van der Waals surface area contributed by atoms with Crippen LogP contribution in [0, 0.1) is 11.3 Å². The van der Waals surface area contributed by atoms with Gasteiger partial charge in [0.2, 0.25) is 0 Å². The Kier molecular flexibility index (Phi) is 4.17. The number of carbonyl (C=O) groups excluding carboxylic acids is 1. The van der Waals surface area contributed by atoms with E-state index in [4.69, 9.17) is 14.7 Å². The van der Waals surface area contributed by atoms with Crippen molar-refractivity contribution in [3.63, 3.8) is 0 Å². The van der Waals surface area contributed by atoms with E-state index in [-0.39, 0.29) is 5.91 Å². The zero-order valence-corrected chi connectivity index (χ0v) is 11.7. The van der Waals surface area contributed by atoms with Crippen molar-refractivity contribution in [3.05, 3.63) is 34.8 Å². The van der Waals surface area contributed by atoms with Crippen molar-refractivity contribution >= 4 is 22.4 Å². The average Bonchev–Trinajstić information content (AvgIpc) is 2.94. The number of nitrogens with zero attached hydrogens (tertiary/aromatic N) is 2. The van der Waals surface area contributed by atoms with Crippen LogP contribution >= 0.6 is 11.3 Å². The third-order valence-electron chi connectivity index (χ3n) is 2.45. The molecule has 1 N–H and O–H groups in total. The maximum atomic E-state index is 12.1. The summed E-state index contributed by atoms with van der Waals surface area (Å²) in [7, 11) is 3.02. The van der Waals surface area contributed by atoms with E-state index >= 15 is 0 Å². The van der Waals surface area contributed by atoms with Gasteiger partial charge in [-0.2, -0.15) is 5.26 Å². The van der Waals surface area contributed by atoms with Crippen molar-refractivity contribution in [2.24, 2.45) is 0 Å². The predicted molar refractivity (Wildman–Crippen MR) is 74.3 cm³/mol.